The minimum atomic E-state index is -0.902. The van der Waals surface area contributed by atoms with Crippen molar-refractivity contribution < 1.29 is 13.6 Å². The molecular weight excluding hydrogens is 342 g/mol. The first kappa shape index (κ1) is 15.4. The number of nitrogens with one attached hydrogen (secondary N) is 1. The number of nitrogens with two attached hydrogens (primary N) is 1. The Hall–Kier alpha value is -1.95. The van der Waals surface area contributed by atoms with Crippen LogP contribution in [0.25, 0.3) is 0 Å². The van der Waals surface area contributed by atoms with Gasteiger partial charge in [-0.2, -0.15) is 0 Å². The van der Waals surface area contributed by atoms with Gasteiger partial charge < -0.3 is 11.1 Å². The molecule has 0 aliphatic carbocycles. The summed E-state index contributed by atoms with van der Waals surface area (Å²) in [5, 5.41) is 2.87. The quantitative estimate of drug-likeness (QED) is 0.879. The van der Waals surface area contributed by atoms with Crippen LogP contribution in [-0.4, -0.2) is 5.91 Å². The van der Waals surface area contributed by atoms with Gasteiger partial charge in [0.2, 0.25) is 5.91 Å². The van der Waals surface area contributed by atoms with E-state index in [0.717, 1.165) is 0 Å². The normalized spacial score (nSPS) is 12.0. The molecule has 0 aliphatic heterocycles. The first-order chi connectivity index (χ1) is 9.86. The standard InChI is InChI=1S/C15H13BrF2N2O/c1-8-4-10(18)6-11(5-8)20-14(15(19)21)12-3-2-9(17)7-13(12)16/h2-7,14,20H,1H3,(H2,19,21). The maximum atomic E-state index is 13.4. The number of benzene rings is 2. The smallest absolute Gasteiger partial charge is 0.244 e. The van der Waals surface area contributed by atoms with Gasteiger partial charge in [-0.05, 0) is 48.4 Å². The van der Waals surface area contributed by atoms with Crippen LogP contribution in [0.2, 0.25) is 0 Å². The number of carbonyl (C=O) groups excluding carboxylic acids is 1. The van der Waals surface area contributed by atoms with Crippen LogP contribution in [0.1, 0.15) is 17.2 Å². The highest BCUT2D eigenvalue weighted by Gasteiger charge is 2.21. The van der Waals surface area contributed by atoms with E-state index in [4.69, 9.17) is 5.73 Å². The first-order valence-electron chi connectivity index (χ1n) is 6.15. The molecule has 1 unspecified atom stereocenters. The van der Waals surface area contributed by atoms with Crippen LogP contribution in [0.3, 0.4) is 0 Å². The van der Waals surface area contributed by atoms with E-state index in [0.29, 0.717) is 21.3 Å². The lowest BCUT2D eigenvalue weighted by Gasteiger charge is -2.19. The number of rotatable bonds is 4. The largest absolute Gasteiger partial charge is 0.370 e. The minimum Gasteiger partial charge on any atom is -0.370 e. The summed E-state index contributed by atoms with van der Waals surface area (Å²) < 4.78 is 26.9. The molecule has 0 spiro atoms. The third kappa shape index (κ3) is 3.78. The Morgan fingerprint density at radius 2 is 1.90 bits per heavy atom. The fourth-order valence-corrected chi connectivity index (χ4v) is 2.60. The van der Waals surface area contributed by atoms with Crippen molar-refractivity contribution in [2.75, 3.05) is 5.32 Å². The summed E-state index contributed by atoms with van der Waals surface area (Å²) in [5.74, 6) is -1.50. The van der Waals surface area contributed by atoms with Gasteiger partial charge in [-0.1, -0.05) is 22.0 Å². The molecule has 0 saturated carbocycles. The summed E-state index contributed by atoms with van der Waals surface area (Å²) in [6.45, 7) is 1.74. The average molecular weight is 355 g/mol. The first-order valence-corrected chi connectivity index (χ1v) is 6.94. The fraction of sp³-hybridized carbons (Fsp3) is 0.133. The van der Waals surface area contributed by atoms with Crippen molar-refractivity contribution in [2.45, 2.75) is 13.0 Å². The Labute approximate surface area is 129 Å². The van der Waals surface area contributed by atoms with Crippen molar-refractivity contribution >= 4 is 27.5 Å². The average Bonchev–Trinajstić information content (AvgIpc) is 2.35. The highest BCUT2D eigenvalue weighted by atomic mass is 79.9. The second-order valence-corrected chi connectivity index (χ2v) is 5.52. The molecule has 6 heteroatoms. The maximum absolute atomic E-state index is 13.4. The van der Waals surface area contributed by atoms with E-state index in [1.807, 2.05) is 0 Å². The molecule has 2 aromatic rings. The molecule has 2 rings (SSSR count). The van der Waals surface area contributed by atoms with Crippen molar-refractivity contribution in [3.63, 3.8) is 0 Å². The zero-order valence-corrected chi connectivity index (χ0v) is 12.7. The Morgan fingerprint density at radius 1 is 1.19 bits per heavy atom. The fourth-order valence-electron chi connectivity index (χ4n) is 2.02. The Morgan fingerprint density at radius 3 is 2.48 bits per heavy atom. The summed E-state index contributed by atoms with van der Waals surface area (Å²) in [6, 6.07) is 7.35. The summed E-state index contributed by atoms with van der Waals surface area (Å²) in [7, 11) is 0. The number of aryl methyl sites for hydroxylation is 1. The monoisotopic (exact) mass is 354 g/mol. The lowest BCUT2D eigenvalue weighted by molar-refractivity contribution is -0.118. The molecule has 0 aromatic heterocycles. The van der Waals surface area contributed by atoms with Crippen molar-refractivity contribution in [3.8, 4) is 0 Å². The summed E-state index contributed by atoms with van der Waals surface area (Å²) in [6.07, 6.45) is 0. The number of carbonyl (C=O) groups is 1. The van der Waals surface area contributed by atoms with Gasteiger partial charge in [0.15, 0.2) is 0 Å². The Kier molecular flexibility index (Phi) is 4.57. The molecule has 0 fully saturated rings. The summed E-state index contributed by atoms with van der Waals surface area (Å²) in [4.78, 5) is 11.7. The van der Waals surface area contributed by atoms with Gasteiger partial charge in [-0.15, -0.1) is 0 Å². The molecule has 110 valence electrons. The Balaban J connectivity index is 2.37. The highest BCUT2D eigenvalue weighted by Crippen LogP contribution is 2.28. The number of anilines is 1. The zero-order valence-electron chi connectivity index (χ0n) is 11.2. The second kappa shape index (κ2) is 6.22. The molecule has 0 radical (unpaired) electrons. The van der Waals surface area contributed by atoms with Crippen LogP contribution >= 0.6 is 15.9 Å². The molecule has 0 bridgehead atoms. The van der Waals surface area contributed by atoms with Gasteiger partial charge in [0, 0.05) is 10.2 Å². The van der Waals surface area contributed by atoms with E-state index in [-0.39, 0.29) is 0 Å². The van der Waals surface area contributed by atoms with Crippen molar-refractivity contribution in [1.82, 2.24) is 0 Å². The Bertz CT molecular complexity index is 671. The molecular formula is C15H13BrF2N2O. The van der Waals surface area contributed by atoms with Crippen LogP contribution in [0.15, 0.2) is 40.9 Å². The lowest BCUT2D eigenvalue weighted by atomic mass is 10.1. The van der Waals surface area contributed by atoms with E-state index in [1.54, 1.807) is 13.0 Å². The van der Waals surface area contributed by atoms with Gasteiger partial charge in [-0.25, -0.2) is 8.78 Å². The van der Waals surface area contributed by atoms with Crippen molar-refractivity contribution in [1.29, 1.82) is 0 Å². The molecule has 2 aromatic carbocycles. The lowest BCUT2D eigenvalue weighted by Crippen LogP contribution is -2.28. The van der Waals surface area contributed by atoms with Crippen molar-refractivity contribution in [3.05, 3.63) is 63.6 Å². The number of primary amides is 1. The van der Waals surface area contributed by atoms with Gasteiger partial charge >= 0.3 is 0 Å². The molecule has 1 atom stereocenters. The summed E-state index contributed by atoms with van der Waals surface area (Å²) in [5.41, 5.74) is 7.00. The zero-order chi connectivity index (χ0) is 15.6. The van der Waals surface area contributed by atoms with Gasteiger partial charge in [-0.3, -0.25) is 4.79 Å². The van der Waals surface area contributed by atoms with E-state index in [2.05, 4.69) is 21.2 Å². The van der Waals surface area contributed by atoms with Crippen LogP contribution in [0, 0.1) is 18.6 Å². The highest BCUT2D eigenvalue weighted by molar-refractivity contribution is 9.10. The minimum absolute atomic E-state index is 0.409. The molecule has 3 nitrogen and oxygen atoms in total. The van der Waals surface area contributed by atoms with Crippen LogP contribution < -0.4 is 11.1 Å². The summed E-state index contributed by atoms with van der Waals surface area (Å²) >= 11 is 3.20. The number of hydrogen-bond acceptors (Lipinski definition) is 2. The van der Waals surface area contributed by atoms with Crippen LogP contribution in [0.4, 0.5) is 14.5 Å². The topological polar surface area (TPSA) is 55.1 Å². The van der Waals surface area contributed by atoms with Crippen LogP contribution in [0.5, 0.6) is 0 Å². The molecule has 0 aliphatic rings. The van der Waals surface area contributed by atoms with Gasteiger partial charge in [0.1, 0.15) is 17.7 Å². The van der Waals surface area contributed by atoms with Gasteiger partial charge in [0.05, 0.1) is 0 Å². The van der Waals surface area contributed by atoms with Crippen LogP contribution in [-0.2, 0) is 4.79 Å². The van der Waals surface area contributed by atoms with Crippen molar-refractivity contribution in [2.24, 2.45) is 5.73 Å². The third-order valence-corrected chi connectivity index (χ3v) is 3.60. The molecule has 1 amide bonds. The number of amides is 1. The molecule has 0 saturated heterocycles. The van der Waals surface area contributed by atoms with E-state index >= 15 is 0 Å². The van der Waals surface area contributed by atoms with E-state index < -0.39 is 23.6 Å². The second-order valence-electron chi connectivity index (χ2n) is 4.66. The number of halogens is 3. The molecule has 3 N–H and O–H groups in total. The van der Waals surface area contributed by atoms with E-state index in [1.165, 1.54) is 30.3 Å². The predicted molar refractivity (Wildman–Crippen MR) is 80.8 cm³/mol. The SMILES string of the molecule is Cc1cc(F)cc(NC(C(N)=O)c2ccc(F)cc2Br)c1. The molecule has 21 heavy (non-hydrogen) atoms. The third-order valence-electron chi connectivity index (χ3n) is 2.91. The predicted octanol–water partition coefficient (Wildman–Crippen LogP) is 3.67. The number of hydrogen-bond donors (Lipinski definition) is 2. The maximum Gasteiger partial charge on any atom is 0.244 e. The molecule has 0 heterocycles. The van der Waals surface area contributed by atoms with E-state index in [9.17, 15) is 13.6 Å². The van der Waals surface area contributed by atoms with Gasteiger partial charge in [0.25, 0.3) is 0 Å².